The van der Waals surface area contributed by atoms with Crippen molar-refractivity contribution < 1.29 is 23.8 Å². The number of piperidine rings is 3. The van der Waals surface area contributed by atoms with Gasteiger partial charge < -0.3 is 34.2 Å². The number of aromatic amines is 1. The number of ether oxygens (including phenoxy) is 2. The maximum absolute atomic E-state index is 13.0. The first-order valence-corrected chi connectivity index (χ1v) is 26.6. The summed E-state index contributed by atoms with van der Waals surface area (Å²) >= 11 is 0. The first kappa shape index (κ1) is 46.8. The second-order valence-corrected chi connectivity index (χ2v) is 24.3. The number of fused-ring (bicyclic) bond motifs is 4. The molecule has 3 aliphatic heterocycles. The quantitative estimate of drug-likeness (QED) is 0.0544. The van der Waals surface area contributed by atoms with Crippen LogP contribution in [0.2, 0.25) is 18.1 Å². The molecular weight excluding hydrogens is 841 g/mol. The highest BCUT2D eigenvalue weighted by Crippen LogP contribution is 2.42. The minimum atomic E-state index is -2.20. The Morgan fingerprint density at radius 3 is 2.24 bits per heavy atom. The molecule has 1 unspecified atom stereocenters. The number of pyridine rings is 1. The number of aryl methyl sites for hydroxylation is 1. The average Bonchev–Trinajstić information content (AvgIpc) is 3.31. The lowest BCUT2D eigenvalue weighted by Crippen LogP contribution is -2.59. The number of carbonyl (C=O) groups is 1. The minimum Gasteiger partial charge on any atom is -0.494 e. The monoisotopic (exact) mass is 906 g/mol. The topological polar surface area (TPSA) is 116 Å². The van der Waals surface area contributed by atoms with E-state index < -0.39 is 14.4 Å². The lowest BCUT2D eigenvalue weighted by Gasteiger charge is -2.48. The van der Waals surface area contributed by atoms with Crippen LogP contribution in [0.15, 0.2) is 132 Å². The van der Waals surface area contributed by atoms with Crippen molar-refractivity contribution in [2.45, 2.75) is 89.8 Å². The van der Waals surface area contributed by atoms with Gasteiger partial charge in [0.15, 0.2) is 8.32 Å². The highest BCUT2D eigenvalue weighted by molar-refractivity contribution is 6.74. The number of aromatic nitrogens is 1. The first-order chi connectivity index (χ1) is 31.8. The zero-order valence-electron chi connectivity index (χ0n) is 39.2. The number of rotatable bonds is 19. The second-order valence-electron chi connectivity index (χ2n) is 19.5. The zero-order chi connectivity index (χ0) is 46.3. The number of H-pyrrole nitrogens is 1. The minimum absolute atomic E-state index is 0.00609. The molecule has 66 heavy (non-hydrogen) atoms. The molecule has 0 saturated carbocycles. The van der Waals surface area contributed by atoms with Crippen molar-refractivity contribution in [1.82, 2.24) is 15.2 Å². The van der Waals surface area contributed by atoms with E-state index in [4.69, 9.17) is 13.9 Å². The molecule has 0 radical (unpaired) electrons. The van der Waals surface area contributed by atoms with Crippen LogP contribution in [-0.2, 0) is 23.9 Å². The molecule has 4 heterocycles. The summed E-state index contributed by atoms with van der Waals surface area (Å²) in [6, 6.07) is 42.3. The van der Waals surface area contributed by atoms with E-state index in [2.05, 4.69) is 97.6 Å². The molecule has 1 aromatic heterocycles. The van der Waals surface area contributed by atoms with Crippen molar-refractivity contribution in [2.75, 3.05) is 44.2 Å². The largest absolute Gasteiger partial charge is 0.494 e. The Bertz CT molecular complexity index is 2610. The predicted molar refractivity (Wildman–Crippen MR) is 269 cm³/mol. The van der Waals surface area contributed by atoms with Gasteiger partial charge in [0, 0.05) is 30.1 Å². The molecule has 0 spiro atoms. The summed E-state index contributed by atoms with van der Waals surface area (Å²) in [5.41, 5.74) is 7.63. The Balaban J connectivity index is 0.878. The molecule has 9 rings (SSSR count). The van der Waals surface area contributed by atoms with E-state index in [0.717, 1.165) is 103 Å². The van der Waals surface area contributed by atoms with Gasteiger partial charge in [-0.2, -0.15) is 0 Å². The fraction of sp³-hybridized carbons (Fsp3) is 0.382. The van der Waals surface area contributed by atoms with E-state index >= 15 is 0 Å². The van der Waals surface area contributed by atoms with Gasteiger partial charge in [0.1, 0.15) is 18.1 Å². The van der Waals surface area contributed by atoms with Gasteiger partial charge in [-0.05, 0) is 134 Å². The Labute approximate surface area is 391 Å². The number of hydrogen-bond acceptors (Lipinski definition) is 7. The fourth-order valence-electron chi connectivity index (χ4n) is 9.26. The standard InChI is InChI=1S/C55H66N4O6Si/c1-55(2,3)66(4,5)65-51(46-24-26-50(53-47(46)25-27-52(60)57-53)64-38-41-13-8-6-9-14-41)36-56-31-28-39-18-21-44(22-19-39)63-34-12-15-40-20-23-45(42-16-10-7-11-17-42)48(35-40)59(54(61)62)49-37-58-32-29-43(49)30-33-58/h6-11,13-14,16-27,35,43,49,51,56H,12,15,28-34,36-38H2,1-5H3,(H,57,60)(H,61,62)/t49?,51-/m0/s1. The van der Waals surface area contributed by atoms with Gasteiger partial charge in [-0.15, -0.1) is 0 Å². The number of amides is 1. The summed E-state index contributed by atoms with van der Waals surface area (Å²) in [4.78, 5) is 32.8. The Kier molecular flexibility index (Phi) is 14.8. The molecule has 3 saturated heterocycles. The van der Waals surface area contributed by atoms with Crippen molar-refractivity contribution in [3.8, 4) is 22.6 Å². The molecule has 0 aliphatic carbocycles. The van der Waals surface area contributed by atoms with Crippen LogP contribution in [0.5, 0.6) is 11.5 Å². The van der Waals surface area contributed by atoms with Crippen molar-refractivity contribution in [3.05, 3.63) is 160 Å². The van der Waals surface area contributed by atoms with E-state index in [1.54, 1.807) is 11.0 Å². The van der Waals surface area contributed by atoms with Gasteiger partial charge in [-0.25, -0.2) is 4.79 Å². The van der Waals surface area contributed by atoms with E-state index in [1.165, 1.54) is 5.56 Å². The maximum Gasteiger partial charge on any atom is 0.412 e. The van der Waals surface area contributed by atoms with Gasteiger partial charge >= 0.3 is 6.09 Å². The summed E-state index contributed by atoms with van der Waals surface area (Å²) in [7, 11) is -2.20. The summed E-state index contributed by atoms with van der Waals surface area (Å²) in [5.74, 6) is 1.84. The van der Waals surface area contributed by atoms with E-state index in [9.17, 15) is 14.7 Å². The molecule has 1 amide bonds. The normalized spacial score (nSPS) is 17.7. The predicted octanol–water partition coefficient (Wildman–Crippen LogP) is 11.3. The van der Waals surface area contributed by atoms with Crippen molar-refractivity contribution >= 4 is 31.0 Å². The Morgan fingerprint density at radius 2 is 1.56 bits per heavy atom. The highest BCUT2D eigenvalue weighted by atomic mass is 28.4. The fourth-order valence-corrected chi connectivity index (χ4v) is 10.5. The Hall–Kier alpha value is -5.72. The third-order valence-electron chi connectivity index (χ3n) is 14.0. The lowest BCUT2D eigenvalue weighted by molar-refractivity contribution is 0.0837. The van der Waals surface area contributed by atoms with Crippen LogP contribution in [0.3, 0.4) is 0 Å². The number of carboxylic acid groups (broad SMARTS) is 1. The number of anilines is 1. The number of nitrogens with one attached hydrogen (secondary N) is 2. The highest BCUT2D eigenvalue weighted by Gasteiger charge is 2.41. The third kappa shape index (κ3) is 11.3. The van der Waals surface area contributed by atoms with Crippen molar-refractivity contribution in [3.63, 3.8) is 0 Å². The summed E-state index contributed by atoms with van der Waals surface area (Å²) in [6.45, 7) is 16.5. The van der Waals surface area contributed by atoms with E-state index in [0.29, 0.717) is 36.9 Å². The van der Waals surface area contributed by atoms with Crippen LogP contribution in [-0.4, -0.2) is 74.8 Å². The molecule has 11 heteroatoms. The van der Waals surface area contributed by atoms with Crippen LogP contribution in [0.1, 0.15) is 68.4 Å². The van der Waals surface area contributed by atoms with Crippen LogP contribution in [0.25, 0.3) is 22.0 Å². The lowest BCUT2D eigenvalue weighted by atomic mass is 9.82. The van der Waals surface area contributed by atoms with Crippen LogP contribution < -0.4 is 25.2 Å². The van der Waals surface area contributed by atoms with Crippen molar-refractivity contribution in [2.24, 2.45) is 5.92 Å². The molecule has 3 aliphatic rings. The van der Waals surface area contributed by atoms with Gasteiger partial charge in [-0.3, -0.25) is 9.69 Å². The molecule has 2 atom stereocenters. The van der Waals surface area contributed by atoms with Crippen molar-refractivity contribution in [1.29, 1.82) is 0 Å². The molecule has 5 aromatic carbocycles. The number of nitrogens with zero attached hydrogens (tertiary/aromatic N) is 2. The average molecular weight is 907 g/mol. The molecular formula is C55H66N4O6Si. The van der Waals surface area contributed by atoms with Gasteiger partial charge in [0.05, 0.1) is 30.0 Å². The summed E-state index contributed by atoms with van der Waals surface area (Å²) < 4.78 is 19.6. The van der Waals surface area contributed by atoms with E-state index in [1.807, 2.05) is 72.8 Å². The number of hydrogen-bond donors (Lipinski definition) is 3. The van der Waals surface area contributed by atoms with Gasteiger partial charge in [0.25, 0.3) is 0 Å². The molecule has 10 nitrogen and oxygen atoms in total. The van der Waals surface area contributed by atoms with E-state index in [-0.39, 0.29) is 22.7 Å². The third-order valence-corrected chi connectivity index (χ3v) is 18.5. The SMILES string of the molecule is CC(C)(C)[Si](C)(C)O[C@@H](CNCCc1ccc(OCCCc2ccc(-c3ccccc3)c(N(C(=O)O)C3CN4CCC3CC4)c2)cc1)c1ccc(OCc2ccccc2)c2[nH]c(=O)ccc12. The van der Waals surface area contributed by atoms with Gasteiger partial charge in [0.2, 0.25) is 5.56 Å². The van der Waals surface area contributed by atoms with Crippen LogP contribution in [0, 0.1) is 5.92 Å². The van der Waals surface area contributed by atoms with Crippen LogP contribution >= 0.6 is 0 Å². The van der Waals surface area contributed by atoms with Gasteiger partial charge in [-0.1, -0.05) is 112 Å². The molecule has 3 fully saturated rings. The van der Waals surface area contributed by atoms with Crippen LogP contribution in [0.4, 0.5) is 10.5 Å². The maximum atomic E-state index is 13.0. The number of benzene rings is 5. The molecule has 2 bridgehead atoms. The summed E-state index contributed by atoms with van der Waals surface area (Å²) in [5, 5.41) is 15.3. The summed E-state index contributed by atoms with van der Waals surface area (Å²) in [6.07, 6.45) is 3.38. The molecule has 3 N–H and O–H groups in total. The smallest absolute Gasteiger partial charge is 0.412 e. The second kappa shape index (κ2) is 20.8. The first-order valence-electron chi connectivity index (χ1n) is 23.7. The molecule has 6 aromatic rings. The zero-order valence-corrected chi connectivity index (χ0v) is 40.2. The Morgan fingerprint density at radius 1 is 0.848 bits per heavy atom. The molecule has 346 valence electrons.